The minimum absolute atomic E-state index is 0.0665. The lowest BCUT2D eigenvalue weighted by atomic mass is 10.0. The van der Waals surface area contributed by atoms with Crippen molar-refractivity contribution in [3.05, 3.63) is 28.8 Å². The molecule has 1 aliphatic rings. The molecule has 1 aromatic carbocycles. The third-order valence-corrected chi connectivity index (χ3v) is 3.04. The number of ketones is 1. The first-order valence-electron chi connectivity index (χ1n) is 5.33. The molecule has 86 valence electrons. The van der Waals surface area contributed by atoms with Crippen LogP contribution in [0, 0.1) is 0 Å². The van der Waals surface area contributed by atoms with Crippen LogP contribution in [0.3, 0.4) is 0 Å². The predicted molar refractivity (Wildman–Crippen MR) is 63.4 cm³/mol. The van der Waals surface area contributed by atoms with E-state index >= 15 is 0 Å². The van der Waals surface area contributed by atoms with E-state index in [0.717, 1.165) is 19.4 Å². The highest BCUT2D eigenvalue weighted by molar-refractivity contribution is 6.31. The summed E-state index contributed by atoms with van der Waals surface area (Å²) in [4.78, 5) is 12.2. The number of ether oxygens (including phenoxy) is 1. The second kappa shape index (κ2) is 4.85. The number of rotatable bonds is 3. The summed E-state index contributed by atoms with van der Waals surface area (Å²) in [6.07, 6.45) is 1.92. The van der Waals surface area contributed by atoms with Gasteiger partial charge in [0.1, 0.15) is 5.75 Å². The fourth-order valence-electron chi connectivity index (χ4n) is 1.97. The van der Waals surface area contributed by atoms with E-state index in [2.05, 4.69) is 5.32 Å². The third kappa shape index (κ3) is 2.20. The molecule has 0 bridgehead atoms. The van der Waals surface area contributed by atoms with Gasteiger partial charge < -0.3 is 10.1 Å². The molecule has 0 aromatic heterocycles. The molecular weight excluding hydrogens is 226 g/mol. The number of halogens is 1. The van der Waals surface area contributed by atoms with Crippen molar-refractivity contribution in [1.29, 1.82) is 0 Å². The summed E-state index contributed by atoms with van der Waals surface area (Å²) in [7, 11) is 1.56. The first-order chi connectivity index (χ1) is 7.72. The molecule has 2 rings (SSSR count). The summed E-state index contributed by atoms with van der Waals surface area (Å²) in [6.45, 7) is 0.902. The van der Waals surface area contributed by atoms with Crippen molar-refractivity contribution in [2.45, 2.75) is 18.9 Å². The topological polar surface area (TPSA) is 38.3 Å². The molecule has 1 aromatic rings. The van der Waals surface area contributed by atoms with Crippen LogP contribution in [0.1, 0.15) is 23.2 Å². The maximum Gasteiger partial charge on any atom is 0.183 e. The van der Waals surface area contributed by atoms with Gasteiger partial charge in [0.25, 0.3) is 0 Å². The summed E-state index contributed by atoms with van der Waals surface area (Å²) >= 11 is 5.90. The predicted octanol–water partition coefficient (Wildman–Crippen LogP) is 2.28. The highest BCUT2D eigenvalue weighted by atomic mass is 35.5. The van der Waals surface area contributed by atoms with Gasteiger partial charge in [0.05, 0.1) is 18.7 Å². The van der Waals surface area contributed by atoms with Gasteiger partial charge >= 0.3 is 0 Å². The Labute approximate surface area is 99.7 Å². The second-order valence-corrected chi connectivity index (χ2v) is 4.29. The first kappa shape index (κ1) is 11.4. The summed E-state index contributed by atoms with van der Waals surface area (Å²) < 4.78 is 5.17. The van der Waals surface area contributed by atoms with E-state index in [1.807, 2.05) is 0 Å². The Morgan fingerprint density at radius 2 is 2.38 bits per heavy atom. The van der Waals surface area contributed by atoms with E-state index < -0.39 is 0 Å². The zero-order chi connectivity index (χ0) is 11.5. The van der Waals surface area contributed by atoms with Crippen molar-refractivity contribution in [2.75, 3.05) is 13.7 Å². The zero-order valence-corrected chi connectivity index (χ0v) is 9.88. The van der Waals surface area contributed by atoms with Gasteiger partial charge in [0.2, 0.25) is 0 Å². The number of nitrogens with one attached hydrogen (secondary N) is 1. The van der Waals surface area contributed by atoms with Crippen LogP contribution in [0.25, 0.3) is 0 Å². The molecule has 1 atom stereocenters. The van der Waals surface area contributed by atoms with Crippen molar-refractivity contribution in [3.8, 4) is 5.75 Å². The monoisotopic (exact) mass is 239 g/mol. The molecule has 16 heavy (non-hydrogen) atoms. The van der Waals surface area contributed by atoms with Gasteiger partial charge in [-0.1, -0.05) is 11.6 Å². The van der Waals surface area contributed by atoms with Gasteiger partial charge in [0, 0.05) is 5.02 Å². The van der Waals surface area contributed by atoms with Gasteiger partial charge in [-0.2, -0.15) is 0 Å². The molecule has 0 radical (unpaired) electrons. The molecule has 1 unspecified atom stereocenters. The van der Waals surface area contributed by atoms with Crippen LogP contribution < -0.4 is 10.1 Å². The third-order valence-electron chi connectivity index (χ3n) is 2.80. The Balaban J connectivity index is 2.30. The van der Waals surface area contributed by atoms with E-state index in [4.69, 9.17) is 16.3 Å². The lowest BCUT2D eigenvalue weighted by Gasteiger charge is -2.12. The molecule has 4 heteroatoms. The average molecular weight is 240 g/mol. The number of Topliss-reactive ketones (excluding diaryl/α,β-unsaturated/α-hetero) is 1. The number of methoxy groups -OCH3 is 1. The van der Waals surface area contributed by atoms with E-state index in [0.29, 0.717) is 16.3 Å². The van der Waals surface area contributed by atoms with Crippen molar-refractivity contribution < 1.29 is 9.53 Å². The van der Waals surface area contributed by atoms with Crippen LogP contribution in [-0.2, 0) is 0 Å². The number of benzene rings is 1. The molecule has 1 fully saturated rings. The number of carbonyl (C=O) groups is 1. The van der Waals surface area contributed by atoms with Crippen molar-refractivity contribution >= 4 is 17.4 Å². The molecule has 0 amide bonds. The largest absolute Gasteiger partial charge is 0.496 e. The normalized spacial score (nSPS) is 19.8. The Kier molecular flexibility index (Phi) is 3.46. The van der Waals surface area contributed by atoms with Crippen LogP contribution >= 0.6 is 11.6 Å². The average Bonchev–Trinajstić information content (AvgIpc) is 2.81. The Morgan fingerprint density at radius 3 is 3.00 bits per heavy atom. The van der Waals surface area contributed by atoms with Crippen LogP contribution in [0.4, 0.5) is 0 Å². The van der Waals surface area contributed by atoms with Gasteiger partial charge in [-0.05, 0) is 37.6 Å². The van der Waals surface area contributed by atoms with Crippen molar-refractivity contribution in [3.63, 3.8) is 0 Å². The van der Waals surface area contributed by atoms with Gasteiger partial charge in [-0.3, -0.25) is 4.79 Å². The number of hydrogen-bond donors (Lipinski definition) is 1. The standard InChI is InChI=1S/C12H14ClNO2/c1-16-11-5-4-8(13)7-9(11)12(15)10-3-2-6-14-10/h4-5,7,10,14H,2-3,6H2,1H3. The van der Waals surface area contributed by atoms with E-state index in [1.54, 1.807) is 25.3 Å². The zero-order valence-electron chi connectivity index (χ0n) is 9.13. The molecule has 0 aliphatic carbocycles. The molecule has 1 saturated heterocycles. The number of carbonyl (C=O) groups excluding carboxylic acids is 1. The maximum absolute atomic E-state index is 12.2. The smallest absolute Gasteiger partial charge is 0.183 e. The fraction of sp³-hybridized carbons (Fsp3) is 0.417. The number of hydrogen-bond acceptors (Lipinski definition) is 3. The summed E-state index contributed by atoms with van der Waals surface area (Å²) in [5, 5.41) is 3.73. The van der Waals surface area contributed by atoms with Crippen LogP contribution in [0.2, 0.25) is 5.02 Å². The van der Waals surface area contributed by atoms with E-state index in [9.17, 15) is 4.79 Å². The SMILES string of the molecule is COc1ccc(Cl)cc1C(=O)C1CCCN1. The van der Waals surface area contributed by atoms with E-state index in [-0.39, 0.29) is 11.8 Å². The summed E-state index contributed by atoms with van der Waals surface area (Å²) in [5.74, 6) is 0.653. The van der Waals surface area contributed by atoms with Gasteiger partial charge in [0.15, 0.2) is 5.78 Å². The first-order valence-corrected chi connectivity index (χ1v) is 5.71. The molecule has 0 spiro atoms. The highest BCUT2D eigenvalue weighted by Crippen LogP contribution is 2.25. The van der Waals surface area contributed by atoms with Crippen LogP contribution in [0.5, 0.6) is 5.75 Å². The minimum Gasteiger partial charge on any atom is -0.496 e. The van der Waals surface area contributed by atoms with Crippen molar-refractivity contribution in [2.24, 2.45) is 0 Å². The van der Waals surface area contributed by atoms with Crippen LogP contribution in [0.15, 0.2) is 18.2 Å². The molecule has 1 aliphatic heterocycles. The fourth-order valence-corrected chi connectivity index (χ4v) is 2.14. The quantitative estimate of drug-likeness (QED) is 0.823. The summed E-state index contributed by atoms with van der Waals surface area (Å²) in [5.41, 5.74) is 0.564. The Bertz CT molecular complexity index is 400. The Hall–Kier alpha value is -1.06. The summed E-state index contributed by atoms with van der Waals surface area (Å²) in [6, 6.07) is 5.03. The molecule has 1 heterocycles. The molecular formula is C12H14ClNO2. The lowest BCUT2D eigenvalue weighted by Crippen LogP contribution is -2.31. The van der Waals surface area contributed by atoms with E-state index in [1.165, 1.54) is 0 Å². The molecule has 0 saturated carbocycles. The minimum atomic E-state index is -0.0904. The Morgan fingerprint density at radius 1 is 1.56 bits per heavy atom. The van der Waals surface area contributed by atoms with Gasteiger partial charge in [-0.15, -0.1) is 0 Å². The highest BCUT2D eigenvalue weighted by Gasteiger charge is 2.25. The van der Waals surface area contributed by atoms with Crippen LogP contribution in [-0.4, -0.2) is 25.5 Å². The lowest BCUT2D eigenvalue weighted by molar-refractivity contribution is 0.0949. The maximum atomic E-state index is 12.2. The van der Waals surface area contributed by atoms with Gasteiger partial charge in [-0.25, -0.2) is 0 Å². The molecule has 1 N–H and O–H groups in total. The molecule has 3 nitrogen and oxygen atoms in total. The second-order valence-electron chi connectivity index (χ2n) is 3.86. The van der Waals surface area contributed by atoms with Crippen molar-refractivity contribution in [1.82, 2.24) is 5.32 Å².